The van der Waals surface area contributed by atoms with Gasteiger partial charge in [0, 0.05) is 6.07 Å². The van der Waals surface area contributed by atoms with E-state index in [-0.39, 0.29) is 34.5 Å². The summed E-state index contributed by atoms with van der Waals surface area (Å²) in [6.45, 7) is 0. The number of phenolic OH excluding ortho intramolecular Hbond substituents is 5. The van der Waals surface area contributed by atoms with Crippen LogP contribution in [0.1, 0.15) is 22.3 Å². The quantitative estimate of drug-likeness (QED) is 0.221. The van der Waals surface area contributed by atoms with Crippen LogP contribution in [-0.4, -0.2) is 25.5 Å². The van der Waals surface area contributed by atoms with Crippen LogP contribution in [0.15, 0.2) is 78.9 Å². The fraction of sp³-hybridized carbons (Fsp3) is 0.143. The van der Waals surface area contributed by atoms with Gasteiger partial charge in [0.25, 0.3) is 0 Å². The number of hydrogen-bond donors (Lipinski definition) is 5. The summed E-state index contributed by atoms with van der Waals surface area (Å²) in [6, 6.07) is 22.1. The number of ether oxygens (including phenoxy) is 1. The molecule has 0 aliphatic carbocycles. The first-order chi connectivity index (χ1) is 16.4. The Balaban J connectivity index is 1.40. The van der Waals surface area contributed by atoms with Gasteiger partial charge in [0.05, 0.1) is 0 Å². The molecule has 0 radical (unpaired) electrons. The number of hydrogen-bond acceptors (Lipinski definition) is 6. The van der Waals surface area contributed by atoms with Gasteiger partial charge in [0.1, 0.15) is 17.2 Å². The molecule has 0 fully saturated rings. The molecule has 0 aromatic heterocycles. The van der Waals surface area contributed by atoms with Crippen LogP contribution in [0.4, 0.5) is 0 Å². The Hall–Kier alpha value is -4.32. The molecule has 4 aromatic carbocycles. The van der Waals surface area contributed by atoms with Crippen LogP contribution in [0.25, 0.3) is 0 Å². The minimum atomic E-state index is -0.158. The molecule has 4 rings (SSSR count). The summed E-state index contributed by atoms with van der Waals surface area (Å²) in [5, 5.41) is 49.2. The fourth-order valence-corrected chi connectivity index (χ4v) is 3.74. The molecule has 34 heavy (non-hydrogen) atoms. The molecule has 4 aromatic rings. The highest BCUT2D eigenvalue weighted by Crippen LogP contribution is 2.37. The van der Waals surface area contributed by atoms with E-state index in [0.29, 0.717) is 30.6 Å². The minimum absolute atomic E-state index is 0.0133. The first-order valence-corrected chi connectivity index (χ1v) is 11.0. The van der Waals surface area contributed by atoms with Gasteiger partial charge in [-0.2, -0.15) is 0 Å². The zero-order chi connectivity index (χ0) is 24.1. The summed E-state index contributed by atoms with van der Waals surface area (Å²) >= 11 is 0. The molecule has 0 bridgehead atoms. The van der Waals surface area contributed by atoms with Gasteiger partial charge in [-0.05, 0) is 90.4 Å². The van der Waals surface area contributed by atoms with E-state index >= 15 is 0 Å². The third-order valence-electron chi connectivity index (χ3n) is 5.65. The highest BCUT2D eigenvalue weighted by molar-refractivity contribution is 5.51. The predicted molar refractivity (Wildman–Crippen MR) is 129 cm³/mol. The Labute approximate surface area is 197 Å². The fourth-order valence-electron chi connectivity index (χ4n) is 3.74. The Morgan fingerprint density at radius 1 is 0.500 bits per heavy atom. The van der Waals surface area contributed by atoms with E-state index in [9.17, 15) is 25.5 Å². The smallest absolute Gasteiger partial charge is 0.169 e. The molecule has 6 nitrogen and oxygen atoms in total. The number of benzene rings is 4. The molecule has 174 valence electrons. The number of rotatable bonds is 8. The summed E-state index contributed by atoms with van der Waals surface area (Å²) in [6.07, 6.45) is 2.57. The highest BCUT2D eigenvalue weighted by atomic mass is 16.5. The normalized spacial score (nSPS) is 10.8. The van der Waals surface area contributed by atoms with Crippen LogP contribution < -0.4 is 4.74 Å². The summed E-state index contributed by atoms with van der Waals surface area (Å²) in [7, 11) is 0. The van der Waals surface area contributed by atoms with Crippen LogP contribution in [0.2, 0.25) is 0 Å². The zero-order valence-corrected chi connectivity index (χ0v) is 18.5. The SMILES string of the molecule is Oc1cccc(CCc2cc(Oc3ccc(CCc4ccc(O)c(O)c4)cc3)c(O)cc2O)c1. The van der Waals surface area contributed by atoms with E-state index in [1.807, 2.05) is 30.3 Å². The van der Waals surface area contributed by atoms with Gasteiger partial charge in [-0.1, -0.05) is 30.3 Å². The van der Waals surface area contributed by atoms with Crippen molar-refractivity contribution in [2.75, 3.05) is 0 Å². The molecule has 0 aliphatic heterocycles. The van der Waals surface area contributed by atoms with Gasteiger partial charge >= 0.3 is 0 Å². The molecule has 0 saturated carbocycles. The maximum absolute atomic E-state index is 10.2. The van der Waals surface area contributed by atoms with Crippen molar-refractivity contribution >= 4 is 0 Å². The highest BCUT2D eigenvalue weighted by Gasteiger charge is 2.12. The van der Waals surface area contributed by atoms with E-state index in [1.54, 1.807) is 36.4 Å². The summed E-state index contributed by atoms with van der Waals surface area (Å²) in [5.41, 5.74) is 3.56. The van der Waals surface area contributed by atoms with Gasteiger partial charge in [-0.15, -0.1) is 0 Å². The monoisotopic (exact) mass is 458 g/mol. The van der Waals surface area contributed by atoms with Crippen LogP contribution in [0, 0.1) is 0 Å². The lowest BCUT2D eigenvalue weighted by molar-refractivity contribution is 0.401. The average molecular weight is 459 g/mol. The van der Waals surface area contributed by atoms with Crippen molar-refractivity contribution in [1.29, 1.82) is 0 Å². The second-order valence-electron chi connectivity index (χ2n) is 8.19. The van der Waals surface area contributed by atoms with Crippen molar-refractivity contribution in [3.8, 4) is 40.2 Å². The van der Waals surface area contributed by atoms with Crippen LogP contribution in [0.5, 0.6) is 40.2 Å². The van der Waals surface area contributed by atoms with Crippen LogP contribution in [-0.2, 0) is 25.7 Å². The molecule has 0 amide bonds. The first-order valence-electron chi connectivity index (χ1n) is 11.0. The second kappa shape index (κ2) is 10.1. The minimum Gasteiger partial charge on any atom is -0.508 e. The van der Waals surface area contributed by atoms with E-state index in [1.165, 1.54) is 12.1 Å². The molecular weight excluding hydrogens is 432 g/mol. The maximum atomic E-state index is 10.2. The maximum Gasteiger partial charge on any atom is 0.169 e. The van der Waals surface area contributed by atoms with E-state index in [2.05, 4.69) is 0 Å². The van der Waals surface area contributed by atoms with Crippen LogP contribution >= 0.6 is 0 Å². The molecule has 0 saturated heterocycles. The first kappa shape index (κ1) is 22.9. The van der Waals surface area contributed by atoms with Crippen molar-refractivity contribution in [3.63, 3.8) is 0 Å². The Kier molecular flexibility index (Phi) is 6.78. The molecule has 6 heteroatoms. The van der Waals surface area contributed by atoms with E-state index < -0.39 is 0 Å². The number of aryl methyl sites for hydroxylation is 4. The molecular formula is C28H26O6. The van der Waals surface area contributed by atoms with Crippen molar-refractivity contribution < 1.29 is 30.3 Å². The molecule has 5 N–H and O–H groups in total. The molecule has 0 spiro atoms. The summed E-state index contributed by atoms with van der Waals surface area (Å²) in [5.74, 6) is 0.556. The van der Waals surface area contributed by atoms with Gasteiger partial charge < -0.3 is 30.3 Å². The second-order valence-corrected chi connectivity index (χ2v) is 8.19. The van der Waals surface area contributed by atoms with Gasteiger partial charge in [-0.25, -0.2) is 0 Å². The van der Waals surface area contributed by atoms with Gasteiger partial charge in [-0.3, -0.25) is 0 Å². The van der Waals surface area contributed by atoms with Gasteiger partial charge in [0.15, 0.2) is 23.0 Å². The van der Waals surface area contributed by atoms with Crippen molar-refractivity contribution in [3.05, 3.63) is 101 Å². The lowest BCUT2D eigenvalue weighted by Gasteiger charge is -2.12. The van der Waals surface area contributed by atoms with Gasteiger partial charge in [0.2, 0.25) is 0 Å². The molecule has 0 unspecified atom stereocenters. The average Bonchev–Trinajstić information content (AvgIpc) is 2.82. The molecule has 0 aliphatic rings. The third kappa shape index (κ3) is 5.72. The number of aromatic hydroxyl groups is 5. The van der Waals surface area contributed by atoms with Crippen molar-refractivity contribution in [2.45, 2.75) is 25.7 Å². The Bertz CT molecular complexity index is 1280. The lowest BCUT2D eigenvalue weighted by Crippen LogP contribution is -1.94. The zero-order valence-electron chi connectivity index (χ0n) is 18.5. The Morgan fingerprint density at radius 3 is 1.91 bits per heavy atom. The summed E-state index contributed by atoms with van der Waals surface area (Å²) in [4.78, 5) is 0. The van der Waals surface area contributed by atoms with E-state index in [4.69, 9.17) is 4.74 Å². The van der Waals surface area contributed by atoms with Crippen LogP contribution in [0.3, 0.4) is 0 Å². The standard InChI is InChI=1S/C28H26O6/c29-22-3-1-2-19(14-22)6-10-21-16-28(27(33)17-25(21)31)34-23-11-7-18(8-12-23)4-5-20-9-13-24(30)26(32)15-20/h1-3,7-9,11-17,29-33H,4-6,10H2. The Morgan fingerprint density at radius 2 is 1.18 bits per heavy atom. The number of phenols is 5. The topological polar surface area (TPSA) is 110 Å². The van der Waals surface area contributed by atoms with E-state index in [0.717, 1.165) is 23.1 Å². The molecule has 0 atom stereocenters. The molecule has 0 heterocycles. The third-order valence-corrected chi connectivity index (χ3v) is 5.65. The lowest BCUT2D eigenvalue weighted by atomic mass is 10.0. The van der Waals surface area contributed by atoms with Crippen molar-refractivity contribution in [2.24, 2.45) is 0 Å². The van der Waals surface area contributed by atoms with Crippen molar-refractivity contribution in [1.82, 2.24) is 0 Å². The predicted octanol–water partition coefficient (Wildman–Crippen LogP) is 5.58. The largest absolute Gasteiger partial charge is 0.508 e. The summed E-state index contributed by atoms with van der Waals surface area (Å²) < 4.78 is 5.86.